The van der Waals surface area contributed by atoms with Gasteiger partial charge in [0, 0.05) is 29.0 Å². The van der Waals surface area contributed by atoms with Crippen LogP contribution in [0.4, 0.5) is 4.39 Å². The number of H-pyrrole nitrogens is 1. The summed E-state index contributed by atoms with van der Waals surface area (Å²) in [6, 6.07) is 14.6. The van der Waals surface area contributed by atoms with E-state index in [9.17, 15) is 9.50 Å². The number of nitrogens with one attached hydrogen (secondary N) is 3. The van der Waals surface area contributed by atoms with E-state index in [1.807, 2.05) is 30.3 Å². The van der Waals surface area contributed by atoms with E-state index in [-0.39, 0.29) is 17.0 Å². The van der Waals surface area contributed by atoms with Gasteiger partial charge in [-0.25, -0.2) is 9.38 Å². The highest BCUT2D eigenvalue weighted by Gasteiger charge is 2.19. The van der Waals surface area contributed by atoms with Crippen LogP contribution < -0.4 is 0 Å². The second-order valence-corrected chi connectivity index (χ2v) is 5.28. The lowest BCUT2D eigenvalue weighted by atomic mass is 9.97. The quantitative estimate of drug-likeness (QED) is 0.415. The number of phenolic OH excluding ortho intramolecular Hbond substituents is 1. The molecule has 0 radical (unpaired) electrons. The zero-order chi connectivity index (χ0) is 17.8. The summed E-state index contributed by atoms with van der Waals surface area (Å²) in [7, 11) is 0. The number of aromatic hydroxyl groups is 1. The van der Waals surface area contributed by atoms with Crippen molar-refractivity contribution >= 4 is 17.8 Å². The van der Waals surface area contributed by atoms with Crippen LogP contribution in [-0.4, -0.2) is 27.9 Å². The Morgan fingerprint density at radius 2 is 1.84 bits per heavy atom. The van der Waals surface area contributed by atoms with Crippen molar-refractivity contribution in [1.82, 2.24) is 4.98 Å². The van der Waals surface area contributed by atoms with Gasteiger partial charge in [-0.1, -0.05) is 30.3 Å². The van der Waals surface area contributed by atoms with Crippen LogP contribution in [-0.2, 0) is 0 Å². The highest BCUT2D eigenvalue weighted by molar-refractivity contribution is 6.22. The van der Waals surface area contributed by atoms with Crippen LogP contribution in [0.25, 0.3) is 0 Å². The fourth-order valence-electron chi connectivity index (χ4n) is 2.57. The van der Waals surface area contributed by atoms with Crippen molar-refractivity contribution in [3.05, 3.63) is 89.0 Å². The van der Waals surface area contributed by atoms with E-state index in [0.29, 0.717) is 17.0 Å². The molecule has 0 aliphatic carbocycles. The minimum absolute atomic E-state index is 0.0395. The van der Waals surface area contributed by atoms with Crippen LogP contribution >= 0.6 is 0 Å². The summed E-state index contributed by atoms with van der Waals surface area (Å²) >= 11 is 0. The molecular weight excluding hydrogens is 319 g/mol. The molecule has 3 aromatic rings. The lowest BCUT2D eigenvalue weighted by Gasteiger charge is -2.10. The Labute approximate surface area is 143 Å². The number of nitrogens with zero attached hydrogens (tertiary/aromatic N) is 1. The molecule has 124 valence electrons. The standard InChI is InChI=1S/C19H15FN4O/c20-16-10-13(25)6-7-14(16)17(22)15-8-9-23-19(15)18(24-11-21)12-4-2-1-3-5-12/h1-11,21-23,25H. The maximum Gasteiger partial charge on any atom is 0.136 e. The van der Waals surface area contributed by atoms with Gasteiger partial charge in [0.15, 0.2) is 0 Å². The highest BCUT2D eigenvalue weighted by Crippen LogP contribution is 2.22. The van der Waals surface area contributed by atoms with Crippen LogP contribution in [0, 0.1) is 16.6 Å². The third-order valence-corrected chi connectivity index (χ3v) is 3.72. The van der Waals surface area contributed by atoms with Gasteiger partial charge in [0.25, 0.3) is 0 Å². The van der Waals surface area contributed by atoms with Gasteiger partial charge in [-0.15, -0.1) is 0 Å². The first-order valence-corrected chi connectivity index (χ1v) is 7.49. The average molecular weight is 334 g/mol. The van der Waals surface area contributed by atoms with E-state index in [1.54, 1.807) is 12.3 Å². The highest BCUT2D eigenvalue weighted by atomic mass is 19.1. The Balaban J connectivity index is 2.09. The van der Waals surface area contributed by atoms with E-state index in [2.05, 4.69) is 9.98 Å². The Morgan fingerprint density at radius 1 is 1.08 bits per heavy atom. The number of halogens is 1. The minimum atomic E-state index is -0.678. The topological polar surface area (TPSA) is 96.1 Å². The molecule has 4 N–H and O–H groups in total. The largest absolute Gasteiger partial charge is 0.508 e. The molecule has 0 spiro atoms. The molecule has 25 heavy (non-hydrogen) atoms. The van der Waals surface area contributed by atoms with Crippen molar-refractivity contribution in [1.29, 1.82) is 10.8 Å². The Hall–Kier alpha value is -3.54. The number of hydrogen-bond acceptors (Lipinski definition) is 3. The Morgan fingerprint density at radius 3 is 2.52 bits per heavy atom. The number of rotatable bonds is 5. The molecule has 0 fully saturated rings. The minimum Gasteiger partial charge on any atom is -0.508 e. The maximum atomic E-state index is 14.1. The molecule has 0 amide bonds. The van der Waals surface area contributed by atoms with Gasteiger partial charge < -0.3 is 10.1 Å². The molecule has 0 aliphatic rings. The number of aliphatic imine (C=N–C) groups is 1. The Bertz CT molecular complexity index is 961. The summed E-state index contributed by atoms with van der Waals surface area (Å²) in [4.78, 5) is 7.13. The van der Waals surface area contributed by atoms with Gasteiger partial charge >= 0.3 is 0 Å². The molecule has 0 aliphatic heterocycles. The molecular formula is C19H15FN4O. The van der Waals surface area contributed by atoms with E-state index in [4.69, 9.17) is 10.8 Å². The number of aromatic amines is 1. The molecule has 0 unspecified atom stereocenters. The SMILES string of the molecule is N=CN=C(c1ccccc1)c1[nH]ccc1C(=N)c1ccc(O)cc1F. The number of hydrogen-bond donors (Lipinski definition) is 4. The monoisotopic (exact) mass is 334 g/mol. The van der Waals surface area contributed by atoms with E-state index < -0.39 is 5.82 Å². The van der Waals surface area contributed by atoms with Gasteiger partial charge in [0.1, 0.15) is 17.9 Å². The maximum absolute atomic E-state index is 14.1. The van der Waals surface area contributed by atoms with Gasteiger partial charge in [-0.3, -0.25) is 10.8 Å². The van der Waals surface area contributed by atoms with Crippen LogP contribution in [0.1, 0.15) is 22.4 Å². The normalized spacial score (nSPS) is 11.3. The molecule has 1 heterocycles. The van der Waals surface area contributed by atoms with Gasteiger partial charge in [-0.2, -0.15) is 0 Å². The van der Waals surface area contributed by atoms with Gasteiger partial charge in [0.2, 0.25) is 0 Å². The summed E-state index contributed by atoms with van der Waals surface area (Å²) in [5.41, 5.74) is 2.26. The van der Waals surface area contributed by atoms with Crippen LogP contribution in [0.5, 0.6) is 5.75 Å². The van der Waals surface area contributed by atoms with Crippen molar-refractivity contribution in [3.63, 3.8) is 0 Å². The predicted molar refractivity (Wildman–Crippen MR) is 95.7 cm³/mol. The first kappa shape index (κ1) is 16.3. The van der Waals surface area contributed by atoms with Crippen molar-refractivity contribution in [3.8, 4) is 5.75 Å². The summed E-state index contributed by atoms with van der Waals surface area (Å²) in [5, 5.41) is 25.0. The summed E-state index contributed by atoms with van der Waals surface area (Å²) in [5.74, 6) is -0.874. The molecule has 2 aromatic carbocycles. The Kier molecular flexibility index (Phi) is 4.52. The smallest absolute Gasteiger partial charge is 0.136 e. The third kappa shape index (κ3) is 3.23. The van der Waals surface area contributed by atoms with E-state index in [1.165, 1.54) is 12.1 Å². The average Bonchev–Trinajstić information content (AvgIpc) is 3.09. The predicted octanol–water partition coefficient (Wildman–Crippen LogP) is 3.72. The van der Waals surface area contributed by atoms with Crippen molar-refractivity contribution in [2.24, 2.45) is 4.99 Å². The number of phenols is 1. The summed E-state index contributed by atoms with van der Waals surface area (Å²) in [6.45, 7) is 0. The molecule has 5 nitrogen and oxygen atoms in total. The van der Waals surface area contributed by atoms with Crippen LogP contribution in [0.2, 0.25) is 0 Å². The lowest BCUT2D eigenvalue weighted by molar-refractivity contribution is 0.469. The summed E-state index contributed by atoms with van der Waals surface area (Å²) in [6.07, 6.45) is 2.57. The fourth-order valence-corrected chi connectivity index (χ4v) is 2.57. The number of aromatic nitrogens is 1. The van der Waals surface area contributed by atoms with Crippen LogP contribution in [0.3, 0.4) is 0 Å². The first-order valence-electron chi connectivity index (χ1n) is 7.49. The van der Waals surface area contributed by atoms with Crippen molar-refractivity contribution < 1.29 is 9.50 Å². The van der Waals surface area contributed by atoms with Gasteiger partial charge in [-0.05, 0) is 18.2 Å². The molecule has 3 rings (SSSR count). The molecule has 0 atom stereocenters. The number of benzene rings is 2. The fraction of sp³-hybridized carbons (Fsp3) is 0. The lowest BCUT2D eigenvalue weighted by Crippen LogP contribution is -2.12. The first-order chi connectivity index (χ1) is 12.1. The second-order valence-electron chi connectivity index (χ2n) is 5.28. The third-order valence-electron chi connectivity index (χ3n) is 3.72. The van der Waals surface area contributed by atoms with Gasteiger partial charge in [0.05, 0.1) is 17.1 Å². The molecule has 0 saturated carbocycles. The zero-order valence-electron chi connectivity index (χ0n) is 13.1. The summed E-state index contributed by atoms with van der Waals surface area (Å²) < 4.78 is 14.1. The van der Waals surface area contributed by atoms with E-state index in [0.717, 1.165) is 18.0 Å². The molecule has 1 aromatic heterocycles. The van der Waals surface area contributed by atoms with Crippen molar-refractivity contribution in [2.75, 3.05) is 0 Å². The van der Waals surface area contributed by atoms with Crippen LogP contribution in [0.15, 0.2) is 65.8 Å². The van der Waals surface area contributed by atoms with Crippen molar-refractivity contribution in [2.45, 2.75) is 0 Å². The molecule has 0 bridgehead atoms. The zero-order valence-corrected chi connectivity index (χ0v) is 13.1. The molecule has 0 saturated heterocycles. The van der Waals surface area contributed by atoms with E-state index >= 15 is 0 Å². The molecule has 6 heteroatoms. The second kappa shape index (κ2) is 6.92.